The van der Waals surface area contributed by atoms with Gasteiger partial charge in [-0.1, -0.05) is 36.8 Å². The Hall–Kier alpha value is -0.570. The molecule has 0 radical (unpaired) electrons. The fourth-order valence-corrected chi connectivity index (χ4v) is 2.86. The molecular formula is C16H26ClNO. The summed E-state index contributed by atoms with van der Waals surface area (Å²) in [6, 6.07) is 9.98. The maximum absolute atomic E-state index is 10.2. The van der Waals surface area contributed by atoms with Crippen LogP contribution in [-0.2, 0) is 0 Å². The van der Waals surface area contributed by atoms with E-state index in [-0.39, 0.29) is 18.5 Å². The summed E-state index contributed by atoms with van der Waals surface area (Å²) < 4.78 is 0. The van der Waals surface area contributed by atoms with Crippen molar-refractivity contribution in [1.82, 2.24) is 4.90 Å². The molecule has 1 aliphatic rings. The predicted molar refractivity (Wildman–Crippen MR) is 82.8 cm³/mol. The highest BCUT2D eigenvalue weighted by atomic mass is 35.5. The van der Waals surface area contributed by atoms with Gasteiger partial charge < -0.3 is 5.11 Å². The second-order valence-corrected chi connectivity index (χ2v) is 5.97. The molecule has 19 heavy (non-hydrogen) atoms. The minimum absolute atomic E-state index is 0. The molecule has 1 atom stereocenters. The van der Waals surface area contributed by atoms with Crippen molar-refractivity contribution in [3.8, 4) is 0 Å². The quantitative estimate of drug-likeness (QED) is 0.909. The topological polar surface area (TPSA) is 23.5 Å². The fourth-order valence-electron chi connectivity index (χ4n) is 2.86. The molecule has 2 nitrogen and oxygen atoms in total. The first kappa shape index (κ1) is 16.5. The van der Waals surface area contributed by atoms with Crippen molar-refractivity contribution in [1.29, 1.82) is 0 Å². The van der Waals surface area contributed by atoms with Crippen LogP contribution in [0.15, 0.2) is 30.3 Å². The van der Waals surface area contributed by atoms with Crippen LogP contribution in [0.4, 0.5) is 0 Å². The zero-order valence-corrected chi connectivity index (χ0v) is 12.8. The molecule has 0 saturated carbocycles. The lowest BCUT2D eigenvalue weighted by Crippen LogP contribution is -2.47. The smallest absolute Gasteiger partial charge is 0.0802 e. The zero-order chi connectivity index (χ0) is 13.0. The van der Waals surface area contributed by atoms with E-state index in [0.717, 1.165) is 18.5 Å². The van der Waals surface area contributed by atoms with Crippen molar-refractivity contribution in [3.05, 3.63) is 35.9 Å². The van der Waals surface area contributed by atoms with Crippen molar-refractivity contribution < 1.29 is 5.11 Å². The number of aliphatic hydroxyl groups excluding tert-OH is 1. The highest BCUT2D eigenvalue weighted by Crippen LogP contribution is 2.28. The summed E-state index contributed by atoms with van der Waals surface area (Å²) in [4.78, 5) is 2.53. The van der Waals surface area contributed by atoms with Crippen LogP contribution < -0.4 is 0 Å². The zero-order valence-electron chi connectivity index (χ0n) is 12.0. The van der Waals surface area contributed by atoms with Crippen molar-refractivity contribution in [2.45, 2.75) is 51.2 Å². The van der Waals surface area contributed by atoms with Gasteiger partial charge >= 0.3 is 0 Å². The number of hydrogen-bond donors (Lipinski definition) is 1. The predicted octanol–water partition coefficient (Wildman–Crippen LogP) is 3.80. The number of benzene rings is 1. The first-order valence-electron chi connectivity index (χ1n) is 7.08. The van der Waals surface area contributed by atoms with Crippen molar-refractivity contribution in [3.63, 3.8) is 0 Å². The van der Waals surface area contributed by atoms with E-state index >= 15 is 0 Å². The molecule has 1 aliphatic heterocycles. The Morgan fingerprint density at radius 1 is 1.21 bits per heavy atom. The molecule has 1 heterocycles. The fraction of sp³-hybridized carbons (Fsp3) is 0.625. The summed E-state index contributed by atoms with van der Waals surface area (Å²) in [6.07, 6.45) is 4.40. The van der Waals surface area contributed by atoms with Gasteiger partial charge in [0.1, 0.15) is 0 Å². The van der Waals surface area contributed by atoms with E-state index in [4.69, 9.17) is 0 Å². The van der Waals surface area contributed by atoms with E-state index in [0.29, 0.717) is 5.54 Å². The third-order valence-electron chi connectivity index (χ3n) is 4.18. The minimum Gasteiger partial charge on any atom is -0.388 e. The van der Waals surface area contributed by atoms with Crippen LogP contribution in [0, 0.1) is 0 Å². The largest absolute Gasteiger partial charge is 0.388 e. The highest BCUT2D eigenvalue weighted by Gasteiger charge is 2.29. The van der Waals surface area contributed by atoms with E-state index in [1.807, 2.05) is 30.3 Å². The normalized spacial score (nSPS) is 20.6. The Morgan fingerprint density at radius 2 is 1.89 bits per heavy atom. The third kappa shape index (κ3) is 4.48. The summed E-state index contributed by atoms with van der Waals surface area (Å²) in [5, 5.41) is 10.2. The lowest BCUT2D eigenvalue weighted by molar-refractivity contribution is 0.0557. The average molecular weight is 284 g/mol. The number of hydrogen-bond acceptors (Lipinski definition) is 2. The number of piperidine rings is 1. The van der Waals surface area contributed by atoms with Crippen LogP contribution >= 0.6 is 12.4 Å². The Balaban J connectivity index is 0.00000180. The van der Waals surface area contributed by atoms with Gasteiger partial charge in [0.05, 0.1) is 6.10 Å². The molecule has 1 N–H and O–H groups in total. The lowest BCUT2D eigenvalue weighted by atomic mass is 9.90. The van der Waals surface area contributed by atoms with E-state index in [9.17, 15) is 5.11 Å². The molecule has 0 spiro atoms. The summed E-state index contributed by atoms with van der Waals surface area (Å²) in [5.74, 6) is 0. The molecule has 1 aromatic carbocycles. The van der Waals surface area contributed by atoms with Gasteiger partial charge in [-0.3, -0.25) is 4.90 Å². The molecule has 1 aromatic rings. The average Bonchev–Trinajstić information content (AvgIpc) is 2.38. The number of halogens is 1. The van der Waals surface area contributed by atoms with E-state index in [1.54, 1.807) is 0 Å². The van der Waals surface area contributed by atoms with E-state index in [2.05, 4.69) is 18.7 Å². The standard InChI is InChI=1S/C16H25NO.ClH/c1-16(2)11-6-7-12-17(16)13-10-15(18)14-8-4-3-5-9-14;/h3-5,8-9,15,18H,6-7,10-13H2,1-2H3;1H. The maximum atomic E-state index is 10.2. The molecule has 1 fully saturated rings. The monoisotopic (exact) mass is 283 g/mol. The molecule has 0 aliphatic carbocycles. The van der Waals surface area contributed by atoms with Crippen LogP contribution in [0.5, 0.6) is 0 Å². The SMILES string of the molecule is CC1(C)CCCCN1CCC(O)c1ccccc1.Cl. The van der Waals surface area contributed by atoms with Gasteiger partial charge in [0, 0.05) is 12.1 Å². The Morgan fingerprint density at radius 3 is 2.53 bits per heavy atom. The Bertz CT molecular complexity index is 366. The molecule has 3 heteroatoms. The Labute approximate surface area is 123 Å². The molecule has 0 bridgehead atoms. The third-order valence-corrected chi connectivity index (χ3v) is 4.18. The number of nitrogens with zero attached hydrogens (tertiary/aromatic N) is 1. The van der Waals surface area contributed by atoms with Crippen LogP contribution in [-0.4, -0.2) is 28.6 Å². The molecule has 1 unspecified atom stereocenters. The molecule has 2 rings (SSSR count). The summed E-state index contributed by atoms with van der Waals surface area (Å²) >= 11 is 0. The van der Waals surface area contributed by atoms with Gasteiger partial charge in [-0.15, -0.1) is 12.4 Å². The molecule has 0 amide bonds. The second kappa shape index (κ2) is 7.28. The van der Waals surface area contributed by atoms with E-state index < -0.39 is 0 Å². The molecular weight excluding hydrogens is 258 g/mol. The van der Waals surface area contributed by atoms with Gasteiger partial charge in [0.25, 0.3) is 0 Å². The van der Waals surface area contributed by atoms with Gasteiger partial charge in [0.15, 0.2) is 0 Å². The van der Waals surface area contributed by atoms with Gasteiger partial charge in [-0.05, 0) is 45.2 Å². The number of aliphatic hydroxyl groups is 1. The van der Waals surface area contributed by atoms with Gasteiger partial charge in [0.2, 0.25) is 0 Å². The van der Waals surface area contributed by atoms with Crippen LogP contribution in [0.2, 0.25) is 0 Å². The van der Waals surface area contributed by atoms with Crippen molar-refractivity contribution in [2.24, 2.45) is 0 Å². The molecule has 108 valence electrons. The van der Waals surface area contributed by atoms with Crippen LogP contribution in [0.1, 0.15) is 51.2 Å². The van der Waals surface area contributed by atoms with Crippen LogP contribution in [0.25, 0.3) is 0 Å². The molecule has 0 aromatic heterocycles. The number of likely N-dealkylation sites (tertiary alicyclic amines) is 1. The lowest BCUT2D eigenvalue weighted by Gasteiger charge is -2.42. The molecule has 1 saturated heterocycles. The first-order valence-corrected chi connectivity index (χ1v) is 7.08. The second-order valence-electron chi connectivity index (χ2n) is 5.97. The summed E-state index contributed by atoms with van der Waals surface area (Å²) in [6.45, 7) is 6.81. The van der Waals surface area contributed by atoms with Gasteiger partial charge in [-0.25, -0.2) is 0 Å². The Kier molecular flexibility index (Phi) is 6.31. The summed E-state index contributed by atoms with van der Waals surface area (Å²) in [7, 11) is 0. The summed E-state index contributed by atoms with van der Waals surface area (Å²) in [5.41, 5.74) is 1.33. The van der Waals surface area contributed by atoms with Crippen LogP contribution in [0.3, 0.4) is 0 Å². The van der Waals surface area contributed by atoms with Crippen molar-refractivity contribution in [2.75, 3.05) is 13.1 Å². The minimum atomic E-state index is -0.330. The maximum Gasteiger partial charge on any atom is 0.0802 e. The van der Waals surface area contributed by atoms with Crippen molar-refractivity contribution >= 4 is 12.4 Å². The number of rotatable bonds is 4. The van der Waals surface area contributed by atoms with Gasteiger partial charge in [-0.2, -0.15) is 0 Å². The highest BCUT2D eigenvalue weighted by molar-refractivity contribution is 5.85. The van der Waals surface area contributed by atoms with E-state index in [1.165, 1.54) is 25.8 Å². The first-order chi connectivity index (χ1) is 8.59.